The standard InChI is InChI=1S/C15H16ClN/c1-9-6-11(3)14(7-10(9)2)13-5-4-12(17)8-15(13)16/h4-8H,17H2,1-3H3. The summed E-state index contributed by atoms with van der Waals surface area (Å²) in [7, 11) is 0. The quantitative estimate of drug-likeness (QED) is 0.735. The topological polar surface area (TPSA) is 26.0 Å². The van der Waals surface area contributed by atoms with Gasteiger partial charge in [-0.05, 0) is 55.2 Å². The zero-order chi connectivity index (χ0) is 12.6. The predicted octanol–water partition coefficient (Wildman–Crippen LogP) is 4.51. The van der Waals surface area contributed by atoms with E-state index in [0.29, 0.717) is 10.7 Å². The Balaban J connectivity index is 2.64. The molecule has 0 bridgehead atoms. The Labute approximate surface area is 107 Å². The zero-order valence-corrected chi connectivity index (χ0v) is 11.1. The van der Waals surface area contributed by atoms with Crippen LogP contribution in [0.4, 0.5) is 5.69 Å². The highest BCUT2D eigenvalue weighted by Crippen LogP contribution is 2.33. The van der Waals surface area contributed by atoms with Crippen LogP contribution < -0.4 is 5.73 Å². The zero-order valence-electron chi connectivity index (χ0n) is 10.3. The van der Waals surface area contributed by atoms with E-state index in [1.54, 1.807) is 6.07 Å². The van der Waals surface area contributed by atoms with Crippen LogP contribution in [-0.2, 0) is 0 Å². The molecule has 2 aromatic rings. The molecule has 0 aliphatic carbocycles. The molecule has 0 amide bonds. The fraction of sp³-hybridized carbons (Fsp3) is 0.200. The molecule has 17 heavy (non-hydrogen) atoms. The van der Waals surface area contributed by atoms with Crippen molar-refractivity contribution in [1.29, 1.82) is 0 Å². The predicted molar refractivity (Wildman–Crippen MR) is 75.5 cm³/mol. The summed E-state index contributed by atoms with van der Waals surface area (Å²) in [5.41, 5.74) is 12.4. The van der Waals surface area contributed by atoms with Crippen molar-refractivity contribution in [1.82, 2.24) is 0 Å². The molecule has 0 heterocycles. The minimum absolute atomic E-state index is 0.695. The van der Waals surface area contributed by atoms with Crippen molar-refractivity contribution in [2.45, 2.75) is 20.8 Å². The second kappa shape index (κ2) is 4.42. The van der Waals surface area contributed by atoms with Crippen molar-refractivity contribution in [2.24, 2.45) is 0 Å². The molecule has 0 spiro atoms. The number of hydrogen-bond donors (Lipinski definition) is 1. The maximum absolute atomic E-state index is 6.25. The van der Waals surface area contributed by atoms with Crippen LogP contribution in [0.15, 0.2) is 30.3 Å². The smallest absolute Gasteiger partial charge is 0.0504 e. The monoisotopic (exact) mass is 245 g/mol. The van der Waals surface area contributed by atoms with Crippen molar-refractivity contribution in [2.75, 3.05) is 5.73 Å². The number of rotatable bonds is 1. The molecule has 0 aliphatic rings. The molecular weight excluding hydrogens is 230 g/mol. The van der Waals surface area contributed by atoms with E-state index < -0.39 is 0 Å². The van der Waals surface area contributed by atoms with Gasteiger partial charge < -0.3 is 5.73 Å². The summed E-state index contributed by atoms with van der Waals surface area (Å²) in [6.45, 7) is 6.34. The van der Waals surface area contributed by atoms with Gasteiger partial charge in [0.2, 0.25) is 0 Å². The van der Waals surface area contributed by atoms with Gasteiger partial charge >= 0.3 is 0 Å². The van der Waals surface area contributed by atoms with Crippen molar-refractivity contribution < 1.29 is 0 Å². The molecule has 0 unspecified atom stereocenters. The van der Waals surface area contributed by atoms with Crippen LogP contribution in [0.25, 0.3) is 11.1 Å². The van der Waals surface area contributed by atoms with Gasteiger partial charge in [-0.25, -0.2) is 0 Å². The molecule has 0 radical (unpaired) electrons. The number of hydrogen-bond acceptors (Lipinski definition) is 1. The second-order valence-corrected chi connectivity index (χ2v) is 4.90. The molecule has 2 heteroatoms. The van der Waals surface area contributed by atoms with E-state index in [1.807, 2.05) is 12.1 Å². The van der Waals surface area contributed by atoms with Crippen LogP contribution in [0.5, 0.6) is 0 Å². The lowest BCUT2D eigenvalue weighted by Gasteiger charge is -2.12. The summed E-state index contributed by atoms with van der Waals surface area (Å²) in [4.78, 5) is 0. The molecular formula is C15H16ClN. The van der Waals surface area contributed by atoms with Crippen LogP contribution in [0.2, 0.25) is 5.02 Å². The van der Waals surface area contributed by atoms with Gasteiger partial charge in [-0.3, -0.25) is 0 Å². The van der Waals surface area contributed by atoms with E-state index >= 15 is 0 Å². The maximum atomic E-state index is 6.25. The lowest BCUT2D eigenvalue weighted by molar-refractivity contribution is 1.30. The molecule has 0 saturated carbocycles. The Bertz CT molecular complexity index is 573. The first-order valence-electron chi connectivity index (χ1n) is 5.62. The van der Waals surface area contributed by atoms with E-state index in [0.717, 1.165) is 5.56 Å². The number of nitrogens with two attached hydrogens (primary N) is 1. The molecule has 2 aromatic carbocycles. The van der Waals surface area contributed by atoms with Crippen LogP contribution >= 0.6 is 11.6 Å². The third-order valence-corrected chi connectivity index (χ3v) is 3.44. The van der Waals surface area contributed by atoms with Crippen LogP contribution in [0, 0.1) is 20.8 Å². The van der Waals surface area contributed by atoms with Gasteiger partial charge in [0, 0.05) is 11.3 Å². The molecule has 2 rings (SSSR count). The Kier molecular flexibility index (Phi) is 3.12. The minimum atomic E-state index is 0.695. The fourth-order valence-electron chi connectivity index (χ4n) is 2.00. The van der Waals surface area contributed by atoms with Crippen molar-refractivity contribution in [3.8, 4) is 11.1 Å². The molecule has 88 valence electrons. The minimum Gasteiger partial charge on any atom is -0.399 e. The molecule has 0 saturated heterocycles. The maximum Gasteiger partial charge on any atom is 0.0504 e. The average molecular weight is 246 g/mol. The van der Waals surface area contributed by atoms with Gasteiger partial charge in [0.15, 0.2) is 0 Å². The van der Waals surface area contributed by atoms with Crippen molar-refractivity contribution in [3.63, 3.8) is 0 Å². The summed E-state index contributed by atoms with van der Waals surface area (Å²) in [6.07, 6.45) is 0. The van der Waals surface area contributed by atoms with Gasteiger partial charge in [-0.15, -0.1) is 0 Å². The molecule has 0 fully saturated rings. The summed E-state index contributed by atoms with van der Waals surface area (Å²) < 4.78 is 0. The summed E-state index contributed by atoms with van der Waals surface area (Å²) >= 11 is 6.25. The first kappa shape index (κ1) is 12.0. The van der Waals surface area contributed by atoms with Gasteiger partial charge in [0.1, 0.15) is 0 Å². The van der Waals surface area contributed by atoms with Crippen LogP contribution in [0.1, 0.15) is 16.7 Å². The van der Waals surface area contributed by atoms with E-state index in [2.05, 4.69) is 32.9 Å². The molecule has 1 nitrogen and oxygen atoms in total. The third kappa shape index (κ3) is 2.29. The number of halogens is 1. The van der Waals surface area contributed by atoms with E-state index in [9.17, 15) is 0 Å². The number of anilines is 1. The number of benzene rings is 2. The third-order valence-electron chi connectivity index (χ3n) is 3.12. The van der Waals surface area contributed by atoms with Gasteiger partial charge in [-0.2, -0.15) is 0 Å². The number of nitrogen functional groups attached to an aromatic ring is 1. The average Bonchev–Trinajstić information content (AvgIpc) is 2.24. The van der Waals surface area contributed by atoms with E-state index in [-0.39, 0.29) is 0 Å². The van der Waals surface area contributed by atoms with Crippen LogP contribution in [0.3, 0.4) is 0 Å². The van der Waals surface area contributed by atoms with Crippen molar-refractivity contribution in [3.05, 3.63) is 52.0 Å². The van der Waals surface area contributed by atoms with Crippen molar-refractivity contribution >= 4 is 17.3 Å². The Morgan fingerprint density at radius 3 is 2.12 bits per heavy atom. The lowest BCUT2D eigenvalue weighted by atomic mass is 9.95. The molecule has 0 aliphatic heterocycles. The lowest BCUT2D eigenvalue weighted by Crippen LogP contribution is -1.91. The van der Waals surface area contributed by atoms with E-state index in [4.69, 9.17) is 17.3 Å². The van der Waals surface area contributed by atoms with Gasteiger partial charge in [0.05, 0.1) is 5.02 Å². The first-order chi connectivity index (χ1) is 7.99. The fourth-order valence-corrected chi connectivity index (χ4v) is 2.29. The summed E-state index contributed by atoms with van der Waals surface area (Å²) in [5, 5.41) is 0.705. The molecule has 0 aromatic heterocycles. The first-order valence-corrected chi connectivity index (χ1v) is 6.00. The van der Waals surface area contributed by atoms with E-state index in [1.165, 1.54) is 22.3 Å². The normalized spacial score (nSPS) is 10.6. The Hall–Kier alpha value is -1.47. The second-order valence-electron chi connectivity index (χ2n) is 4.49. The summed E-state index contributed by atoms with van der Waals surface area (Å²) in [6, 6.07) is 10.0. The highest BCUT2D eigenvalue weighted by molar-refractivity contribution is 6.33. The molecule has 2 N–H and O–H groups in total. The number of aryl methyl sites for hydroxylation is 3. The highest BCUT2D eigenvalue weighted by Gasteiger charge is 2.08. The largest absolute Gasteiger partial charge is 0.399 e. The highest BCUT2D eigenvalue weighted by atomic mass is 35.5. The Morgan fingerprint density at radius 2 is 1.47 bits per heavy atom. The molecule has 0 atom stereocenters. The van der Waals surface area contributed by atoms with Gasteiger partial charge in [0.25, 0.3) is 0 Å². The van der Waals surface area contributed by atoms with Crippen LogP contribution in [-0.4, -0.2) is 0 Å². The summed E-state index contributed by atoms with van der Waals surface area (Å²) in [5.74, 6) is 0. The SMILES string of the molecule is Cc1cc(C)c(-c2ccc(N)cc2Cl)cc1C. The Morgan fingerprint density at radius 1 is 0.824 bits per heavy atom. The van der Waals surface area contributed by atoms with Gasteiger partial charge in [-0.1, -0.05) is 29.8 Å².